The van der Waals surface area contributed by atoms with Gasteiger partial charge in [0.15, 0.2) is 0 Å². The van der Waals surface area contributed by atoms with Crippen LogP contribution in [-0.4, -0.2) is 58.2 Å². The number of nitrogens with zero attached hydrogens (tertiary/aromatic N) is 3. The number of methoxy groups -OCH3 is 1. The van der Waals surface area contributed by atoms with E-state index in [1.54, 1.807) is 11.7 Å². The highest BCUT2D eigenvalue weighted by atomic mass is 19.4. The Morgan fingerprint density at radius 3 is 2.33 bits per heavy atom. The fraction of sp³-hybridized carbons (Fsp3) is 0.206. The predicted octanol–water partition coefficient (Wildman–Crippen LogP) is 5.84. The average Bonchev–Trinajstić information content (AvgIpc) is 3.40. The number of alkyl halides is 3. The Bertz CT molecular complexity index is 2070. The van der Waals surface area contributed by atoms with Crippen LogP contribution < -0.4 is 16.0 Å². The molecule has 2 heterocycles. The van der Waals surface area contributed by atoms with Crippen molar-refractivity contribution in [3.63, 3.8) is 0 Å². The van der Waals surface area contributed by atoms with Gasteiger partial charge in [-0.1, -0.05) is 54.6 Å². The number of aromatic nitrogens is 3. The summed E-state index contributed by atoms with van der Waals surface area (Å²) in [4.78, 5) is 27.9. The number of fused-ring (bicyclic) bond motifs is 3. The molecule has 0 radical (unpaired) electrons. The molecule has 3 N–H and O–H groups in total. The molecular formula is C34H31F3N4O5. The Morgan fingerprint density at radius 1 is 0.935 bits per heavy atom. The van der Waals surface area contributed by atoms with E-state index in [0.717, 1.165) is 49.6 Å². The van der Waals surface area contributed by atoms with E-state index in [-0.39, 0.29) is 5.56 Å². The lowest BCUT2D eigenvalue weighted by atomic mass is 10.1. The second-order valence-electron chi connectivity index (χ2n) is 10.3. The van der Waals surface area contributed by atoms with E-state index in [9.17, 15) is 18.0 Å². The molecule has 0 aliphatic rings. The van der Waals surface area contributed by atoms with E-state index < -0.39 is 12.1 Å². The van der Waals surface area contributed by atoms with Gasteiger partial charge in [-0.15, -0.1) is 0 Å². The fourth-order valence-electron chi connectivity index (χ4n) is 5.20. The van der Waals surface area contributed by atoms with Crippen LogP contribution in [-0.2, 0) is 22.6 Å². The van der Waals surface area contributed by atoms with Crippen molar-refractivity contribution in [2.45, 2.75) is 19.3 Å². The van der Waals surface area contributed by atoms with Crippen molar-refractivity contribution in [1.29, 1.82) is 0 Å². The minimum Gasteiger partial charge on any atom is -0.497 e. The standard InChI is InChI=1S/C32H30N4O3.C2HF3O2/c1-38-25-10-6-7-22(17-25)20-35-21-27(26-11-4-5-12-29(26)35)31-32(37)36(14-16-39-15-13-33)30-19-24-9-3-2-8-23(24)18-28(30)34-31;3-2(4,5)1(6)7/h2-12,17-19,21H,13-16,20,33H2,1H3;(H,6,7). The summed E-state index contributed by atoms with van der Waals surface area (Å²) in [6.07, 6.45) is -3.05. The topological polar surface area (TPSA) is 122 Å². The number of hydrogen-bond donors (Lipinski definition) is 2. The molecule has 0 spiro atoms. The molecule has 0 saturated heterocycles. The number of halogens is 3. The third kappa shape index (κ3) is 7.03. The molecule has 0 unspecified atom stereocenters. The molecule has 12 heteroatoms. The highest BCUT2D eigenvalue weighted by Crippen LogP contribution is 2.31. The highest BCUT2D eigenvalue weighted by molar-refractivity contribution is 5.98. The van der Waals surface area contributed by atoms with E-state index >= 15 is 0 Å². The van der Waals surface area contributed by atoms with Gasteiger partial charge in [-0.2, -0.15) is 13.2 Å². The number of nitrogens with two attached hydrogens (primary N) is 1. The van der Waals surface area contributed by atoms with Gasteiger partial charge >= 0.3 is 12.1 Å². The number of para-hydroxylation sites is 1. The second kappa shape index (κ2) is 13.8. The van der Waals surface area contributed by atoms with Gasteiger partial charge in [-0.3, -0.25) is 4.79 Å². The van der Waals surface area contributed by atoms with Gasteiger partial charge in [0.2, 0.25) is 0 Å². The van der Waals surface area contributed by atoms with Crippen molar-refractivity contribution in [2.75, 3.05) is 26.9 Å². The Morgan fingerprint density at radius 2 is 1.63 bits per heavy atom. The van der Waals surface area contributed by atoms with Crippen LogP contribution in [0.4, 0.5) is 13.2 Å². The Labute approximate surface area is 261 Å². The van der Waals surface area contributed by atoms with Gasteiger partial charge < -0.3 is 29.4 Å². The van der Waals surface area contributed by atoms with E-state index in [2.05, 4.69) is 34.9 Å². The first-order valence-corrected chi connectivity index (χ1v) is 14.3. The number of carboxylic acids is 1. The van der Waals surface area contributed by atoms with Gasteiger partial charge in [0.05, 0.1) is 31.4 Å². The molecule has 9 nitrogen and oxygen atoms in total. The molecule has 0 aliphatic carbocycles. The van der Waals surface area contributed by atoms with Gasteiger partial charge in [-0.25, -0.2) is 9.78 Å². The van der Waals surface area contributed by atoms with Crippen molar-refractivity contribution in [3.05, 3.63) is 107 Å². The van der Waals surface area contributed by atoms with Crippen LogP contribution >= 0.6 is 0 Å². The largest absolute Gasteiger partial charge is 0.497 e. The van der Waals surface area contributed by atoms with Crippen LogP contribution in [0.3, 0.4) is 0 Å². The third-order valence-electron chi connectivity index (χ3n) is 7.31. The lowest BCUT2D eigenvalue weighted by Gasteiger charge is -2.13. The average molecular weight is 633 g/mol. The smallest absolute Gasteiger partial charge is 0.490 e. The molecule has 0 aliphatic heterocycles. The number of hydrogen-bond acceptors (Lipinski definition) is 6. The summed E-state index contributed by atoms with van der Waals surface area (Å²) in [6, 6.07) is 28.4. The van der Waals surface area contributed by atoms with Gasteiger partial charge in [0, 0.05) is 42.3 Å². The normalized spacial score (nSPS) is 11.5. The number of ether oxygens (including phenoxy) is 2. The SMILES string of the molecule is COc1cccc(Cn2cc(-c3nc4cc5ccccc5cc4n(CCOCCN)c3=O)c3ccccc32)c1.O=C(O)C(F)(F)F. The van der Waals surface area contributed by atoms with E-state index in [1.165, 1.54) is 0 Å². The predicted molar refractivity (Wildman–Crippen MR) is 170 cm³/mol. The minimum absolute atomic E-state index is 0.140. The van der Waals surface area contributed by atoms with Crippen LogP contribution in [0.5, 0.6) is 5.75 Å². The number of aliphatic carboxylic acids is 1. The van der Waals surface area contributed by atoms with Crippen molar-refractivity contribution < 1.29 is 32.5 Å². The maximum atomic E-state index is 14.1. The Kier molecular flexibility index (Phi) is 9.69. The molecule has 0 amide bonds. The molecule has 0 fully saturated rings. The maximum Gasteiger partial charge on any atom is 0.490 e. The van der Waals surface area contributed by atoms with E-state index in [4.69, 9.17) is 30.1 Å². The Hall–Kier alpha value is -5.20. The van der Waals surface area contributed by atoms with Crippen LogP contribution in [0.1, 0.15) is 5.56 Å². The second-order valence-corrected chi connectivity index (χ2v) is 10.3. The molecule has 2 aromatic heterocycles. The zero-order valence-corrected chi connectivity index (χ0v) is 24.8. The third-order valence-corrected chi connectivity index (χ3v) is 7.31. The van der Waals surface area contributed by atoms with Gasteiger partial charge in [0.25, 0.3) is 5.56 Å². The Balaban J connectivity index is 0.000000537. The summed E-state index contributed by atoms with van der Waals surface area (Å²) in [5.41, 5.74) is 10.4. The van der Waals surface area contributed by atoms with Crippen LogP contribution in [0.25, 0.3) is 44.0 Å². The number of carbonyl (C=O) groups is 1. The number of carboxylic acid groups (broad SMARTS) is 1. The zero-order valence-electron chi connectivity index (χ0n) is 24.8. The zero-order chi connectivity index (χ0) is 32.8. The summed E-state index contributed by atoms with van der Waals surface area (Å²) >= 11 is 0. The summed E-state index contributed by atoms with van der Waals surface area (Å²) < 4.78 is 46.8. The monoisotopic (exact) mass is 632 g/mol. The lowest BCUT2D eigenvalue weighted by Crippen LogP contribution is -2.26. The highest BCUT2D eigenvalue weighted by Gasteiger charge is 2.38. The fourth-order valence-corrected chi connectivity index (χ4v) is 5.20. The molecule has 6 rings (SSSR count). The lowest BCUT2D eigenvalue weighted by molar-refractivity contribution is -0.192. The van der Waals surface area contributed by atoms with Crippen molar-refractivity contribution in [2.24, 2.45) is 5.73 Å². The van der Waals surface area contributed by atoms with Crippen molar-refractivity contribution in [1.82, 2.24) is 14.1 Å². The molecule has 4 aromatic carbocycles. The molecule has 238 valence electrons. The first-order valence-electron chi connectivity index (χ1n) is 14.3. The molecule has 6 aromatic rings. The van der Waals surface area contributed by atoms with Gasteiger partial charge in [0.1, 0.15) is 11.4 Å². The summed E-state index contributed by atoms with van der Waals surface area (Å²) in [5.74, 6) is -1.94. The number of benzene rings is 4. The molecule has 46 heavy (non-hydrogen) atoms. The summed E-state index contributed by atoms with van der Waals surface area (Å²) in [7, 11) is 1.67. The van der Waals surface area contributed by atoms with Gasteiger partial charge in [-0.05, 0) is 46.7 Å². The molecule has 0 atom stereocenters. The van der Waals surface area contributed by atoms with Crippen molar-refractivity contribution in [3.8, 4) is 17.0 Å². The van der Waals surface area contributed by atoms with E-state index in [0.29, 0.717) is 38.5 Å². The quantitative estimate of drug-likeness (QED) is 0.152. The molecule has 0 bridgehead atoms. The maximum absolute atomic E-state index is 14.1. The molecular weight excluding hydrogens is 601 g/mol. The summed E-state index contributed by atoms with van der Waals surface area (Å²) in [5, 5.41) is 10.2. The first-order chi connectivity index (χ1) is 22.1. The van der Waals surface area contributed by atoms with Crippen LogP contribution in [0.15, 0.2) is 95.9 Å². The van der Waals surface area contributed by atoms with Crippen molar-refractivity contribution >= 4 is 38.7 Å². The first kappa shape index (κ1) is 32.2. The summed E-state index contributed by atoms with van der Waals surface area (Å²) in [6.45, 7) is 2.32. The van der Waals surface area contributed by atoms with Crippen LogP contribution in [0.2, 0.25) is 0 Å². The number of rotatable bonds is 9. The van der Waals surface area contributed by atoms with Crippen LogP contribution in [0, 0.1) is 0 Å². The minimum atomic E-state index is -5.08. The van der Waals surface area contributed by atoms with E-state index in [1.807, 2.05) is 60.8 Å². The molecule has 0 saturated carbocycles.